The molecular weight excluding hydrogens is 196 g/mol. The molecule has 1 heteroatoms. The lowest BCUT2D eigenvalue weighted by atomic mass is 10.1. The molecule has 2 aliphatic carbocycles. The normalized spacial score (nSPS) is 32.0. The van der Waals surface area contributed by atoms with E-state index in [1.165, 1.54) is 5.56 Å². The molecule has 0 spiro atoms. The molecule has 1 unspecified atom stereocenters. The lowest BCUT2D eigenvalue weighted by Crippen LogP contribution is -1.95. The van der Waals surface area contributed by atoms with Crippen molar-refractivity contribution >= 4 is 5.78 Å². The number of hydrogen-bond donors (Lipinski definition) is 0. The monoisotopic (exact) mass is 212 g/mol. The van der Waals surface area contributed by atoms with Crippen molar-refractivity contribution < 1.29 is 4.79 Å². The fraction of sp³-hybridized carbons (Fsp3) is 0.400. The van der Waals surface area contributed by atoms with Gasteiger partial charge in [-0.05, 0) is 29.7 Å². The molecule has 2 aliphatic rings. The van der Waals surface area contributed by atoms with Crippen LogP contribution in [-0.4, -0.2) is 5.78 Å². The SMILES string of the molecule is O=C1C[C@@H]2C(C=CCc3ccccc3)[C@@H]2C1. The molecule has 0 aromatic heterocycles. The molecule has 0 saturated heterocycles. The van der Waals surface area contributed by atoms with Gasteiger partial charge in [-0.1, -0.05) is 42.5 Å². The van der Waals surface area contributed by atoms with Crippen LogP contribution in [0, 0.1) is 17.8 Å². The molecule has 3 rings (SSSR count). The molecule has 0 heterocycles. The average molecular weight is 212 g/mol. The Morgan fingerprint density at radius 1 is 1.12 bits per heavy atom. The van der Waals surface area contributed by atoms with E-state index in [1.54, 1.807) is 0 Å². The van der Waals surface area contributed by atoms with Gasteiger partial charge in [0.05, 0.1) is 0 Å². The van der Waals surface area contributed by atoms with Crippen molar-refractivity contribution in [1.82, 2.24) is 0 Å². The zero-order valence-electron chi connectivity index (χ0n) is 9.30. The predicted octanol–water partition coefficient (Wildman–Crippen LogP) is 3.01. The summed E-state index contributed by atoms with van der Waals surface area (Å²) in [5, 5.41) is 0. The van der Waals surface area contributed by atoms with Crippen molar-refractivity contribution in [2.75, 3.05) is 0 Å². The second-order valence-corrected chi connectivity index (χ2v) is 4.97. The summed E-state index contributed by atoms with van der Waals surface area (Å²) in [6.45, 7) is 0. The third-order valence-corrected chi connectivity index (χ3v) is 3.88. The molecule has 82 valence electrons. The number of rotatable bonds is 3. The maximum Gasteiger partial charge on any atom is 0.133 e. The predicted molar refractivity (Wildman–Crippen MR) is 64.0 cm³/mol. The van der Waals surface area contributed by atoms with Crippen molar-refractivity contribution in [2.45, 2.75) is 19.3 Å². The van der Waals surface area contributed by atoms with E-state index in [0.717, 1.165) is 19.3 Å². The second kappa shape index (κ2) is 3.89. The van der Waals surface area contributed by atoms with Crippen LogP contribution in [0.2, 0.25) is 0 Å². The van der Waals surface area contributed by atoms with E-state index in [0.29, 0.717) is 23.5 Å². The molecule has 3 atom stereocenters. The highest BCUT2D eigenvalue weighted by Crippen LogP contribution is 2.56. The molecule has 1 nitrogen and oxygen atoms in total. The van der Waals surface area contributed by atoms with Gasteiger partial charge in [0.15, 0.2) is 0 Å². The first-order valence-electron chi connectivity index (χ1n) is 6.07. The Balaban J connectivity index is 1.52. The van der Waals surface area contributed by atoms with Crippen molar-refractivity contribution in [3.05, 3.63) is 48.0 Å². The zero-order valence-corrected chi connectivity index (χ0v) is 9.30. The Hall–Kier alpha value is -1.37. The molecule has 2 saturated carbocycles. The van der Waals surface area contributed by atoms with E-state index in [4.69, 9.17) is 0 Å². The van der Waals surface area contributed by atoms with Gasteiger partial charge in [0.1, 0.15) is 5.78 Å². The Labute approximate surface area is 96.2 Å². The van der Waals surface area contributed by atoms with Gasteiger partial charge in [-0.3, -0.25) is 4.79 Å². The van der Waals surface area contributed by atoms with Gasteiger partial charge < -0.3 is 0 Å². The van der Waals surface area contributed by atoms with E-state index < -0.39 is 0 Å². The number of allylic oxidation sites excluding steroid dienone is 2. The second-order valence-electron chi connectivity index (χ2n) is 4.97. The fourth-order valence-electron chi connectivity index (χ4n) is 2.92. The van der Waals surface area contributed by atoms with Gasteiger partial charge in [-0.25, -0.2) is 0 Å². The molecule has 0 amide bonds. The minimum absolute atomic E-state index is 0.475. The van der Waals surface area contributed by atoms with Gasteiger partial charge in [0.2, 0.25) is 0 Å². The number of hydrogen-bond acceptors (Lipinski definition) is 1. The Kier molecular flexibility index (Phi) is 2.39. The highest BCUT2D eigenvalue weighted by molar-refractivity contribution is 5.83. The van der Waals surface area contributed by atoms with Gasteiger partial charge in [-0.2, -0.15) is 0 Å². The molecule has 16 heavy (non-hydrogen) atoms. The van der Waals surface area contributed by atoms with E-state index in [2.05, 4.69) is 36.4 Å². The Bertz CT molecular complexity index is 404. The molecule has 0 aliphatic heterocycles. The lowest BCUT2D eigenvalue weighted by molar-refractivity contribution is -0.118. The van der Waals surface area contributed by atoms with Gasteiger partial charge >= 0.3 is 0 Å². The molecule has 2 fully saturated rings. The van der Waals surface area contributed by atoms with Gasteiger partial charge in [0, 0.05) is 12.8 Å². The average Bonchev–Trinajstić information content (AvgIpc) is 2.77. The third kappa shape index (κ3) is 1.82. The zero-order chi connectivity index (χ0) is 11.0. The quantitative estimate of drug-likeness (QED) is 0.704. The number of benzene rings is 1. The first-order valence-corrected chi connectivity index (χ1v) is 6.07. The minimum atomic E-state index is 0.475. The van der Waals surface area contributed by atoms with E-state index in [-0.39, 0.29) is 0 Å². The summed E-state index contributed by atoms with van der Waals surface area (Å²) in [7, 11) is 0. The van der Waals surface area contributed by atoms with Crippen LogP contribution in [0.1, 0.15) is 18.4 Å². The van der Waals surface area contributed by atoms with E-state index >= 15 is 0 Å². The van der Waals surface area contributed by atoms with Crippen molar-refractivity contribution in [2.24, 2.45) is 17.8 Å². The number of Topliss-reactive ketones (excluding diaryl/α,β-unsaturated/α-hetero) is 1. The van der Waals surface area contributed by atoms with E-state index in [1.807, 2.05) is 6.07 Å². The minimum Gasteiger partial charge on any atom is -0.300 e. The number of carbonyl (C=O) groups excluding carboxylic acids is 1. The van der Waals surface area contributed by atoms with Crippen LogP contribution in [0.25, 0.3) is 0 Å². The molecule has 1 aromatic rings. The summed E-state index contributed by atoms with van der Waals surface area (Å²) in [5.74, 6) is 2.57. The summed E-state index contributed by atoms with van der Waals surface area (Å²) in [4.78, 5) is 11.1. The fourth-order valence-corrected chi connectivity index (χ4v) is 2.92. The van der Waals surface area contributed by atoms with Crippen molar-refractivity contribution in [3.8, 4) is 0 Å². The topological polar surface area (TPSA) is 17.1 Å². The summed E-state index contributed by atoms with van der Waals surface area (Å²) in [5.41, 5.74) is 1.36. The Morgan fingerprint density at radius 2 is 1.81 bits per heavy atom. The molecule has 0 bridgehead atoms. The first-order chi connectivity index (χ1) is 7.84. The largest absolute Gasteiger partial charge is 0.300 e. The van der Waals surface area contributed by atoms with Gasteiger partial charge in [-0.15, -0.1) is 0 Å². The maximum absolute atomic E-state index is 11.1. The van der Waals surface area contributed by atoms with Crippen LogP contribution in [0.15, 0.2) is 42.5 Å². The number of ketones is 1. The third-order valence-electron chi connectivity index (χ3n) is 3.88. The standard InChI is InChI=1S/C15H16O/c16-12-9-14-13(15(14)10-12)8-4-7-11-5-2-1-3-6-11/h1-6,8,13-15H,7,9-10H2/t13?,14-,15+. The summed E-state index contributed by atoms with van der Waals surface area (Å²) in [6, 6.07) is 10.5. The van der Waals surface area contributed by atoms with Crippen LogP contribution in [0.3, 0.4) is 0 Å². The van der Waals surface area contributed by atoms with Crippen LogP contribution in [0.4, 0.5) is 0 Å². The summed E-state index contributed by atoms with van der Waals surface area (Å²) < 4.78 is 0. The smallest absolute Gasteiger partial charge is 0.133 e. The van der Waals surface area contributed by atoms with Crippen molar-refractivity contribution in [3.63, 3.8) is 0 Å². The number of carbonyl (C=O) groups is 1. The lowest BCUT2D eigenvalue weighted by Gasteiger charge is -1.96. The van der Waals surface area contributed by atoms with Crippen LogP contribution in [0.5, 0.6) is 0 Å². The summed E-state index contributed by atoms with van der Waals surface area (Å²) >= 11 is 0. The highest BCUT2D eigenvalue weighted by Gasteiger charge is 2.54. The van der Waals surface area contributed by atoms with Crippen LogP contribution < -0.4 is 0 Å². The summed E-state index contributed by atoms with van der Waals surface area (Å²) in [6.07, 6.45) is 7.29. The number of fused-ring (bicyclic) bond motifs is 1. The first kappa shape index (κ1) is 9.83. The van der Waals surface area contributed by atoms with Crippen molar-refractivity contribution in [1.29, 1.82) is 0 Å². The molecule has 0 radical (unpaired) electrons. The molecular formula is C15H16O. The Morgan fingerprint density at radius 3 is 2.50 bits per heavy atom. The maximum atomic E-state index is 11.1. The van der Waals surface area contributed by atoms with E-state index in [9.17, 15) is 4.79 Å². The molecule has 1 aromatic carbocycles. The van der Waals surface area contributed by atoms with Crippen LogP contribution >= 0.6 is 0 Å². The van der Waals surface area contributed by atoms with Gasteiger partial charge in [0.25, 0.3) is 0 Å². The highest BCUT2D eigenvalue weighted by atomic mass is 16.1. The molecule has 0 N–H and O–H groups in total. The van der Waals surface area contributed by atoms with Crippen LogP contribution in [-0.2, 0) is 11.2 Å².